The molecule has 0 unspecified atom stereocenters. The molecular weight excluding hydrogens is 377 g/mol. The molecule has 1 aromatic rings. The van der Waals surface area contributed by atoms with Crippen LogP contribution in [0.25, 0.3) is 0 Å². The molecule has 1 nitrogen and oxygen atoms in total. The number of halogens is 3. The summed E-state index contributed by atoms with van der Waals surface area (Å²) in [6.45, 7) is 2.24. The number of rotatable bonds is 5. The van der Waals surface area contributed by atoms with Crippen molar-refractivity contribution in [2.75, 3.05) is 11.5 Å². The van der Waals surface area contributed by atoms with Gasteiger partial charge in [-0.05, 0) is 73.1 Å². The summed E-state index contributed by atoms with van der Waals surface area (Å²) in [4.78, 5) is 0. The van der Waals surface area contributed by atoms with E-state index in [1.54, 1.807) is 12.1 Å². The van der Waals surface area contributed by atoms with Crippen LogP contribution in [0.1, 0.15) is 63.4 Å². The number of alkyl halides is 3. The lowest BCUT2D eigenvalue weighted by atomic mass is 9.77. The molecule has 1 saturated heterocycles. The first kappa shape index (κ1) is 20.2. The van der Waals surface area contributed by atoms with Gasteiger partial charge in [-0.15, -0.1) is 0 Å². The lowest BCUT2D eigenvalue weighted by Gasteiger charge is -2.37. The molecule has 3 rings (SSSR count). The van der Waals surface area contributed by atoms with Crippen molar-refractivity contribution in [2.45, 2.75) is 68.2 Å². The standard InChI is InChI=1S/C20H27F3OS2/c1-2-4-15-5-7-16(8-6-15)17-9-11-18(12-10-17)24-20(19(21,22)23)25-13-3-14-26-20/h9-12,15-16H,2-8,13-14H2,1H3. The number of thioether (sulfide) groups is 2. The fourth-order valence-corrected chi connectivity index (χ4v) is 6.72. The van der Waals surface area contributed by atoms with Gasteiger partial charge >= 0.3 is 6.18 Å². The molecule has 2 aliphatic rings. The number of hydrogen-bond acceptors (Lipinski definition) is 3. The maximum atomic E-state index is 13.6. The van der Waals surface area contributed by atoms with Crippen LogP contribution in [0.15, 0.2) is 24.3 Å². The summed E-state index contributed by atoms with van der Waals surface area (Å²) in [6, 6.07) is 7.36. The zero-order chi connectivity index (χ0) is 18.6. The number of benzene rings is 1. The van der Waals surface area contributed by atoms with E-state index in [2.05, 4.69) is 6.92 Å². The maximum Gasteiger partial charge on any atom is 0.448 e. The van der Waals surface area contributed by atoms with E-state index in [0.717, 1.165) is 35.9 Å². The molecule has 1 heterocycles. The summed E-state index contributed by atoms with van der Waals surface area (Å²) in [5, 5.41) is 0. The highest BCUT2D eigenvalue weighted by Crippen LogP contribution is 2.53. The van der Waals surface area contributed by atoms with E-state index in [4.69, 9.17) is 4.74 Å². The lowest BCUT2D eigenvalue weighted by Crippen LogP contribution is -2.46. The van der Waals surface area contributed by atoms with Crippen molar-refractivity contribution in [2.24, 2.45) is 5.92 Å². The van der Waals surface area contributed by atoms with E-state index >= 15 is 0 Å². The van der Waals surface area contributed by atoms with Crippen LogP contribution in [-0.2, 0) is 0 Å². The normalized spacial score (nSPS) is 26.5. The Kier molecular flexibility index (Phi) is 6.76. The maximum absolute atomic E-state index is 13.6. The van der Waals surface area contributed by atoms with E-state index in [-0.39, 0.29) is 0 Å². The van der Waals surface area contributed by atoms with Crippen LogP contribution in [0.2, 0.25) is 0 Å². The lowest BCUT2D eigenvalue weighted by molar-refractivity contribution is -0.179. The average Bonchev–Trinajstić information content (AvgIpc) is 2.63. The Bertz CT molecular complexity index is 559. The molecule has 2 fully saturated rings. The van der Waals surface area contributed by atoms with Gasteiger partial charge in [0.15, 0.2) is 0 Å². The molecule has 0 amide bonds. The zero-order valence-electron chi connectivity index (χ0n) is 15.2. The van der Waals surface area contributed by atoms with Crippen LogP contribution >= 0.6 is 23.5 Å². The highest BCUT2D eigenvalue weighted by molar-refractivity contribution is 8.18. The van der Waals surface area contributed by atoms with Crippen molar-refractivity contribution in [1.82, 2.24) is 0 Å². The minimum atomic E-state index is -4.39. The van der Waals surface area contributed by atoms with Crippen LogP contribution in [-0.4, -0.2) is 21.9 Å². The van der Waals surface area contributed by atoms with Crippen molar-refractivity contribution < 1.29 is 17.9 Å². The predicted molar refractivity (Wildman–Crippen MR) is 105 cm³/mol. The summed E-state index contributed by atoms with van der Waals surface area (Å²) in [5.74, 6) is 2.66. The molecular formula is C20H27F3OS2. The Morgan fingerprint density at radius 3 is 2.19 bits per heavy atom. The molecule has 0 N–H and O–H groups in total. The Labute approximate surface area is 162 Å². The number of ether oxygens (including phenoxy) is 1. The van der Waals surface area contributed by atoms with Gasteiger partial charge in [-0.25, -0.2) is 0 Å². The molecule has 1 aromatic carbocycles. The third-order valence-corrected chi connectivity index (χ3v) is 8.45. The molecule has 1 aliphatic carbocycles. The largest absolute Gasteiger partial charge is 0.458 e. The van der Waals surface area contributed by atoms with Crippen LogP contribution < -0.4 is 4.74 Å². The Balaban J connectivity index is 1.64. The summed E-state index contributed by atoms with van der Waals surface area (Å²) in [6.07, 6.45) is 3.86. The second-order valence-electron chi connectivity index (χ2n) is 7.28. The van der Waals surface area contributed by atoms with Crippen molar-refractivity contribution in [3.8, 4) is 5.75 Å². The van der Waals surface area contributed by atoms with E-state index in [1.165, 1.54) is 44.1 Å². The SMILES string of the molecule is CCCC1CCC(c2ccc(OC3(C(F)(F)F)SCCCS3)cc2)CC1. The first-order valence-corrected chi connectivity index (χ1v) is 11.5. The topological polar surface area (TPSA) is 9.23 Å². The Hall–Kier alpha value is -0.490. The zero-order valence-corrected chi connectivity index (χ0v) is 16.8. The van der Waals surface area contributed by atoms with Crippen LogP contribution in [0.3, 0.4) is 0 Å². The molecule has 26 heavy (non-hydrogen) atoms. The van der Waals surface area contributed by atoms with Gasteiger partial charge in [-0.2, -0.15) is 13.2 Å². The fourth-order valence-electron chi connectivity index (χ4n) is 3.95. The first-order chi connectivity index (χ1) is 12.4. The van der Waals surface area contributed by atoms with E-state index in [1.807, 2.05) is 12.1 Å². The molecule has 0 aromatic heterocycles. The smallest absolute Gasteiger partial charge is 0.448 e. The van der Waals surface area contributed by atoms with E-state index < -0.39 is 10.4 Å². The van der Waals surface area contributed by atoms with Crippen molar-refractivity contribution >= 4 is 23.5 Å². The van der Waals surface area contributed by atoms with E-state index in [0.29, 0.717) is 23.2 Å². The van der Waals surface area contributed by atoms with Gasteiger partial charge in [0.25, 0.3) is 4.27 Å². The predicted octanol–water partition coefficient (Wildman–Crippen LogP) is 7.23. The highest BCUT2D eigenvalue weighted by atomic mass is 32.2. The quantitative estimate of drug-likeness (QED) is 0.512. The first-order valence-electron chi connectivity index (χ1n) is 9.57. The minimum Gasteiger partial charge on any atom is -0.458 e. The van der Waals surface area contributed by atoms with Crippen LogP contribution in [0.4, 0.5) is 13.2 Å². The third-order valence-electron chi connectivity index (χ3n) is 5.37. The fraction of sp³-hybridized carbons (Fsp3) is 0.700. The molecule has 0 radical (unpaired) electrons. The summed E-state index contributed by atoms with van der Waals surface area (Å²) < 4.78 is 44.1. The molecule has 0 spiro atoms. The van der Waals surface area contributed by atoms with Crippen LogP contribution in [0.5, 0.6) is 5.75 Å². The Morgan fingerprint density at radius 2 is 1.65 bits per heavy atom. The molecule has 0 atom stereocenters. The third kappa shape index (κ3) is 4.67. The van der Waals surface area contributed by atoms with Gasteiger partial charge in [0.05, 0.1) is 0 Å². The molecule has 0 bridgehead atoms. The number of hydrogen-bond donors (Lipinski definition) is 0. The van der Waals surface area contributed by atoms with Gasteiger partial charge in [0, 0.05) is 0 Å². The summed E-state index contributed by atoms with van der Waals surface area (Å²) in [5.41, 5.74) is 1.23. The monoisotopic (exact) mass is 404 g/mol. The van der Waals surface area contributed by atoms with Crippen LogP contribution in [0, 0.1) is 5.92 Å². The second-order valence-corrected chi connectivity index (χ2v) is 10.1. The van der Waals surface area contributed by atoms with Crippen molar-refractivity contribution in [3.05, 3.63) is 29.8 Å². The molecule has 1 aliphatic heterocycles. The Morgan fingerprint density at radius 1 is 1.04 bits per heavy atom. The van der Waals surface area contributed by atoms with Gasteiger partial charge in [0.2, 0.25) is 0 Å². The van der Waals surface area contributed by atoms with Gasteiger partial charge < -0.3 is 4.74 Å². The van der Waals surface area contributed by atoms with Gasteiger partial charge in [-0.1, -0.05) is 55.4 Å². The van der Waals surface area contributed by atoms with Gasteiger partial charge in [0.1, 0.15) is 5.75 Å². The van der Waals surface area contributed by atoms with Gasteiger partial charge in [-0.3, -0.25) is 0 Å². The summed E-state index contributed by atoms with van der Waals surface area (Å²) in [7, 11) is 0. The average molecular weight is 405 g/mol. The van der Waals surface area contributed by atoms with E-state index in [9.17, 15) is 13.2 Å². The van der Waals surface area contributed by atoms with Crippen molar-refractivity contribution in [3.63, 3.8) is 0 Å². The summed E-state index contributed by atoms with van der Waals surface area (Å²) >= 11 is 1.73. The molecule has 1 saturated carbocycles. The minimum absolute atomic E-state index is 0.313. The molecule has 6 heteroatoms. The molecule has 146 valence electrons. The van der Waals surface area contributed by atoms with Crippen molar-refractivity contribution in [1.29, 1.82) is 0 Å². The second kappa shape index (κ2) is 8.68. The highest BCUT2D eigenvalue weighted by Gasteiger charge is 2.59.